The summed E-state index contributed by atoms with van der Waals surface area (Å²) in [6.45, 7) is 2.04. The van der Waals surface area contributed by atoms with E-state index in [1.807, 2.05) is 73.7 Å². The normalized spacial score (nSPS) is 10.9. The van der Waals surface area contributed by atoms with Crippen LogP contribution >= 0.6 is 11.8 Å². The zero-order valence-electron chi connectivity index (χ0n) is 18.1. The number of aryl methyl sites for hydroxylation is 1. The summed E-state index contributed by atoms with van der Waals surface area (Å²) < 4.78 is 1.68. The molecule has 3 aromatic carbocycles. The summed E-state index contributed by atoms with van der Waals surface area (Å²) in [5.74, 6) is -0.146. The zero-order valence-corrected chi connectivity index (χ0v) is 18.9. The molecule has 2 heterocycles. The summed E-state index contributed by atoms with van der Waals surface area (Å²) in [6.07, 6.45) is 1.77. The Labute approximate surface area is 196 Å². The van der Waals surface area contributed by atoms with Crippen LogP contribution < -0.4 is 5.32 Å². The van der Waals surface area contributed by atoms with Crippen LogP contribution in [0.3, 0.4) is 0 Å². The molecule has 0 fully saturated rings. The number of carbonyl (C=O) groups is 1. The average molecular weight is 451 g/mol. The predicted octanol–water partition coefficient (Wildman–Crippen LogP) is 6.20. The minimum absolute atomic E-state index is 0.0833. The monoisotopic (exact) mass is 450 g/mol. The number of aromatic nitrogens is 3. The number of hydrogen-bond acceptors (Lipinski definition) is 4. The molecule has 5 aromatic rings. The maximum atomic E-state index is 13.0. The van der Waals surface area contributed by atoms with Gasteiger partial charge in [-0.3, -0.25) is 4.79 Å². The SMILES string of the molecule is Cc1nn(CC(=O)Nc2ccccc2Sc2ccccc2)c2nccc(-c3ccccc3)c12. The lowest BCUT2D eigenvalue weighted by molar-refractivity contribution is -0.116. The van der Waals surface area contributed by atoms with Gasteiger partial charge in [-0.15, -0.1) is 0 Å². The first-order chi connectivity index (χ1) is 16.2. The molecule has 2 aromatic heterocycles. The third-order valence-corrected chi connectivity index (χ3v) is 6.40. The van der Waals surface area contributed by atoms with Crippen LogP contribution in [0.25, 0.3) is 22.2 Å². The first-order valence-electron chi connectivity index (χ1n) is 10.7. The zero-order chi connectivity index (χ0) is 22.6. The van der Waals surface area contributed by atoms with Gasteiger partial charge >= 0.3 is 0 Å². The van der Waals surface area contributed by atoms with Crippen LogP contribution in [0.15, 0.2) is 107 Å². The highest BCUT2D eigenvalue weighted by Gasteiger charge is 2.16. The van der Waals surface area contributed by atoms with Gasteiger partial charge in [-0.05, 0) is 48.4 Å². The molecule has 0 saturated carbocycles. The number of nitrogens with zero attached hydrogens (tertiary/aromatic N) is 3. The molecule has 0 aliphatic carbocycles. The first-order valence-corrected chi connectivity index (χ1v) is 11.5. The fourth-order valence-corrected chi connectivity index (χ4v) is 4.77. The number of fused-ring (bicyclic) bond motifs is 1. The quantitative estimate of drug-likeness (QED) is 0.335. The molecule has 0 radical (unpaired) electrons. The van der Waals surface area contributed by atoms with Crippen LogP contribution in [0, 0.1) is 6.92 Å². The molecule has 0 aliphatic rings. The van der Waals surface area contributed by atoms with E-state index in [-0.39, 0.29) is 12.5 Å². The number of hydrogen-bond donors (Lipinski definition) is 1. The topological polar surface area (TPSA) is 59.8 Å². The molecule has 1 amide bonds. The van der Waals surface area contributed by atoms with Gasteiger partial charge in [0.1, 0.15) is 6.54 Å². The number of anilines is 1. The van der Waals surface area contributed by atoms with Gasteiger partial charge in [-0.25, -0.2) is 9.67 Å². The summed E-state index contributed by atoms with van der Waals surface area (Å²) in [4.78, 5) is 19.6. The van der Waals surface area contributed by atoms with Crippen molar-refractivity contribution in [3.05, 3.63) is 103 Å². The lowest BCUT2D eigenvalue weighted by Crippen LogP contribution is -2.20. The number of benzene rings is 3. The van der Waals surface area contributed by atoms with E-state index in [0.717, 1.165) is 37.7 Å². The van der Waals surface area contributed by atoms with Crippen LogP contribution in [0.5, 0.6) is 0 Å². The maximum absolute atomic E-state index is 13.0. The van der Waals surface area contributed by atoms with E-state index in [1.54, 1.807) is 22.6 Å². The highest BCUT2D eigenvalue weighted by molar-refractivity contribution is 7.99. The molecule has 33 heavy (non-hydrogen) atoms. The van der Waals surface area contributed by atoms with Crippen molar-refractivity contribution in [3.63, 3.8) is 0 Å². The fraction of sp³-hybridized carbons (Fsp3) is 0.0741. The van der Waals surface area contributed by atoms with Crippen LogP contribution in [-0.2, 0) is 11.3 Å². The van der Waals surface area contributed by atoms with Gasteiger partial charge in [0.2, 0.25) is 5.91 Å². The summed E-state index contributed by atoms with van der Waals surface area (Å²) in [7, 11) is 0. The van der Waals surface area contributed by atoms with Gasteiger partial charge < -0.3 is 5.32 Å². The molecule has 0 atom stereocenters. The second-order valence-corrected chi connectivity index (χ2v) is 8.74. The van der Waals surface area contributed by atoms with E-state index >= 15 is 0 Å². The number of carbonyl (C=O) groups excluding carboxylic acids is 1. The second kappa shape index (κ2) is 9.30. The van der Waals surface area contributed by atoms with Crippen molar-refractivity contribution in [1.29, 1.82) is 0 Å². The Kier molecular flexibility index (Phi) is 5.91. The highest BCUT2D eigenvalue weighted by atomic mass is 32.2. The smallest absolute Gasteiger partial charge is 0.246 e. The number of para-hydroxylation sites is 1. The van der Waals surface area contributed by atoms with Gasteiger partial charge in [0, 0.05) is 21.4 Å². The van der Waals surface area contributed by atoms with Crippen LogP contribution in [-0.4, -0.2) is 20.7 Å². The molecule has 0 unspecified atom stereocenters. The molecule has 0 aliphatic heterocycles. The van der Waals surface area contributed by atoms with Crippen molar-refractivity contribution in [2.45, 2.75) is 23.3 Å². The largest absolute Gasteiger partial charge is 0.323 e. The van der Waals surface area contributed by atoms with Crippen molar-refractivity contribution in [2.75, 3.05) is 5.32 Å². The molecular weight excluding hydrogens is 428 g/mol. The summed E-state index contributed by atoms with van der Waals surface area (Å²) in [5.41, 5.74) is 4.50. The molecule has 0 bridgehead atoms. The van der Waals surface area contributed by atoms with Crippen LogP contribution in [0.1, 0.15) is 5.69 Å². The van der Waals surface area contributed by atoms with Gasteiger partial charge in [0.05, 0.1) is 11.4 Å². The Hall–Kier alpha value is -3.90. The summed E-state index contributed by atoms with van der Waals surface area (Å²) in [5, 5.41) is 8.66. The minimum Gasteiger partial charge on any atom is -0.323 e. The van der Waals surface area contributed by atoms with Crippen LogP contribution in [0.4, 0.5) is 5.69 Å². The van der Waals surface area contributed by atoms with E-state index in [9.17, 15) is 4.79 Å². The van der Waals surface area contributed by atoms with E-state index in [1.165, 1.54) is 0 Å². The first kappa shape index (κ1) is 21.0. The molecule has 162 valence electrons. The summed E-state index contributed by atoms with van der Waals surface area (Å²) >= 11 is 1.62. The Morgan fingerprint density at radius 3 is 2.39 bits per heavy atom. The third kappa shape index (κ3) is 4.52. The minimum atomic E-state index is -0.146. The number of pyridine rings is 1. The molecule has 0 spiro atoms. The highest BCUT2D eigenvalue weighted by Crippen LogP contribution is 2.33. The Balaban J connectivity index is 1.40. The Morgan fingerprint density at radius 2 is 1.61 bits per heavy atom. The number of rotatable bonds is 6. The lowest BCUT2D eigenvalue weighted by Gasteiger charge is -2.11. The number of nitrogens with one attached hydrogen (secondary N) is 1. The van der Waals surface area contributed by atoms with Crippen molar-refractivity contribution in [3.8, 4) is 11.1 Å². The van der Waals surface area contributed by atoms with E-state index in [2.05, 4.69) is 39.7 Å². The van der Waals surface area contributed by atoms with Crippen molar-refractivity contribution in [2.24, 2.45) is 0 Å². The molecule has 1 N–H and O–H groups in total. The van der Waals surface area contributed by atoms with Gasteiger partial charge in [0.15, 0.2) is 5.65 Å². The summed E-state index contributed by atoms with van der Waals surface area (Å²) in [6, 6.07) is 30.1. The standard InChI is InChI=1S/C27H22N4OS/c1-19-26-22(20-10-4-2-5-11-20)16-17-28-27(26)31(30-19)18-25(32)29-23-14-8-9-15-24(23)33-21-12-6-3-7-13-21/h2-17H,18H2,1H3,(H,29,32). The fourth-order valence-electron chi connectivity index (χ4n) is 3.85. The molecule has 5 nitrogen and oxygen atoms in total. The molecule has 0 saturated heterocycles. The maximum Gasteiger partial charge on any atom is 0.246 e. The number of amides is 1. The van der Waals surface area contributed by atoms with E-state index < -0.39 is 0 Å². The average Bonchev–Trinajstić information content (AvgIpc) is 3.17. The third-order valence-electron chi connectivity index (χ3n) is 5.32. The van der Waals surface area contributed by atoms with Gasteiger partial charge in [-0.1, -0.05) is 72.4 Å². The van der Waals surface area contributed by atoms with E-state index in [0.29, 0.717) is 5.65 Å². The molecule has 6 heteroatoms. The lowest BCUT2D eigenvalue weighted by atomic mass is 10.0. The second-order valence-electron chi connectivity index (χ2n) is 7.63. The Bertz CT molecular complexity index is 1410. The van der Waals surface area contributed by atoms with Crippen LogP contribution in [0.2, 0.25) is 0 Å². The van der Waals surface area contributed by atoms with Gasteiger partial charge in [-0.2, -0.15) is 5.10 Å². The molecular formula is C27H22N4OS. The molecule has 5 rings (SSSR count). The van der Waals surface area contributed by atoms with Gasteiger partial charge in [0.25, 0.3) is 0 Å². The van der Waals surface area contributed by atoms with Crippen molar-refractivity contribution < 1.29 is 4.79 Å². The Morgan fingerprint density at radius 1 is 0.909 bits per heavy atom. The van der Waals surface area contributed by atoms with E-state index in [4.69, 9.17) is 0 Å². The predicted molar refractivity (Wildman–Crippen MR) is 133 cm³/mol. The van der Waals surface area contributed by atoms with Crippen molar-refractivity contribution in [1.82, 2.24) is 14.8 Å². The van der Waals surface area contributed by atoms with Crippen molar-refractivity contribution >= 4 is 34.4 Å².